The van der Waals surface area contributed by atoms with E-state index in [1.807, 2.05) is 33.7 Å². The SMILES string of the molecule is COc1ccc(-n2cnnc2SCC(=O)N2CCCC2c2ccc(F)cc2)cc1. The highest BCUT2D eigenvalue weighted by Gasteiger charge is 2.30. The van der Waals surface area contributed by atoms with Crippen molar-refractivity contribution in [2.24, 2.45) is 0 Å². The number of carbonyl (C=O) groups is 1. The highest BCUT2D eigenvalue weighted by Crippen LogP contribution is 2.33. The van der Waals surface area contributed by atoms with Gasteiger partial charge >= 0.3 is 0 Å². The van der Waals surface area contributed by atoms with Crippen molar-refractivity contribution in [3.63, 3.8) is 0 Å². The van der Waals surface area contributed by atoms with Crippen molar-refractivity contribution in [3.8, 4) is 11.4 Å². The van der Waals surface area contributed by atoms with Crippen LogP contribution in [0.5, 0.6) is 5.75 Å². The number of hydrogen-bond donors (Lipinski definition) is 0. The van der Waals surface area contributed by atoms with Crippen LogP contribution in [0.4, 0.5) is 4.39 Å². The van der Waals surface area contributed by atoms with Crippen LogP contribution >= 0.6 is 11.8 Å². The summed E-state index contributed by atoms with van der Waals surface area (Å²) in [5.41, 5.74) is 1.87. The fourth-order valence-electron chi connectivity index (χ4n) is 3.55. The van der Waals surface area contributed by atoms with Crippen LogP contribution in [-0.2, 0) is 4.79 Å². The van der Waals surface area contributed by atoms with Gasteiger partial charge in [0.2, 0.25) is 5.91 Å². The Morgan fingerprint density at radius 2 is 1.97 bits per heavy atom. The molecule has 1 aliphatic rings. The van der Waals surface area contributed by atoms with Gasteiger partial charge in [0.25, 0.3) is 0 Å². The summed E-state index contributed by atoms with van der Waals surface area (Å²) in [6.07, 6.45) is 3.47. The lowest BCUT2D eigenvalue weighted by molar-refractivity contribution is -0.129. The molecular formula is C21H21FN4O2S. The van der Waals surface area contributed by atoms with Gasteiger partial charge in [0.15, 0.2) is 5.16 Å². The zero-order valence-corrected chi connectivity index (χ0v) is 16.8. The largest absolute Gasteiger partial charge is 0.497 e. The van der Waals surface area contributed by atoms with Crippen LogP contribution in [-0.4, -0.2) is 45.0 Å². The Balaban J connectivity index is 1.43. The zero-order valence-electron chi connectivity index (χ0n) is 16.0. The summed E-state index contributed by atoms with van der Waals surface area (Å²) in [6.45, 7) is 0.715. The first-order valence-corrected chi connectivity index (χ1v) is 10.4. The van der Waals surface area contributed by atoms with Gasteiger partial charge in [0, 0.05) is 12.2 Å². The Labute approximate surface area is 172 Å². The molecule has 2 aromatic carbocycles. The number of halogens is 1. The van der Waals surface area contributed by atoms with Gasteiger partial charge < -0.3 is 9.64 Å². The predicted molar refractivity (Wildman–Crippen MR) is 109 cm³/mol. The molecule has 1 saturated heterocycles. The fraction of sp³-hybridized carbons (Fsp3) is 0.286. The average molecular weight is 412 g/mol. The third kappa shape index (κ3) is 4.27. The average Bonchev–Trinajstić information content (AvgIpc) is 3.42. The van der Waals surface area contributed by atoms with Gasteiger partial charge in [-0.1, -0.05) is 23.9 Å². The zero-order chi connectivity index (χ0) is 20.2. The van der Waals surface area contributed by atoms with Crippen molar-refractivity contribution in [3.05, 3.63) is 66.2 Å². The quantitative estimate of drug-likeness (QED) is 0.575. The number of amides is 1. The van der Waals surface area contributed by atoms with E-state index in [-0.39, 0.29) is 23.5 Å². The van der Waals surface area contributed by atoms with Gasteiger partial charge in [0.1, 0.15) is 17.9 Å². The molecule has 0 saturated carbocycles. The Kier molecular flexibility index (Phi) is 5.80. The lowest BCUT2D eigenvalue weighted by atomic mass is 10.0. The van der Waals surface area contributed by atoms with Crippen LogP contribution in [0.3, 0.4) is 0 Å². The normalized spacial score (nSPS) is 16.2. The van der Waals surface area contributed by atoms with E-state index in [4.69, 9.17) is 4.74 Å². The maximum absolute atomic E-state index is 13.2. The molecule has 6 nitrogen and oxygen atoms in total. The predicted octanol–water partition coefficient (Wildman–Crippen LogP) is 3.87. The van der Waals surface area contributed by atoms with E-state index in [2.05, 4.69) is 10.2 Å². The molecule has 0 bridgehead atoms. The van der Waals surface area contributed by atoms with Gasteiger partial charge in [-0.3, -0.25) is 9.36 Å². The molecule has 1 amide bonds. The van der Waals surface area contributed by atoms with Gasteiger partial charge in [-0.05, 0) is 54.8 Å². The lowest BCUT2D eigenvalue weighted by Gasteiger charge is -2.25. The van der Waals surface area contributed by atoms with E-state index in [1.165, 1.54) is 23.9 Å². The molecule has 3 aromatic rings. The Morgan fingerprint density at radius 1 is 1.21 bits per heavy atom. The third-order valence-corrected chi connectivity index (χ3v) is 5.95. The topological polar surface area (TPSA) is 60.2 Å². The van der Waals surface area contributed by atoms with E-state index >= 15 is 0 Å². The molecular weight excluding hydrogens is 391 g/mol. The molecule has 0 radical (unpaired) electrons. The number of nitrogens with zero attached hydrogens (tertiary/aromatic N) is 4. The maximum Gasteiger partial charge on any atom is 0.233 e. The summed E-state index contributed by atoms with van der Waals surface area (Å²) in [5, 5.41) is 8.79. The molecule has 29 heavy (non-hydrogen) atoms. The molecule has 4 rings (SSSR count). The van der Waals surface area contributed by atoms with Crippen LogP contribution in [0.15, 0.2) is 60.0 Å². The summed E-state index contributed by atoms with van der Waals surface area (Å²) in [7, 11) is 1.62. The van der Waals surface area contributed by atoms with Crippen molar-refractivity contribution in [1.82, 2.24) is 19.7 Å². The van der Waals surface area contributed by atoms with Gasteiger partial charge in [-0.15, -0.1) is 10.2 Å². The smallest absolute Gasteiger partial charge is 0.233 e. The number of aromatic nitrogens is 3. The van der Waals surface area contributed by atoms with Crippen LogP contribution in [0, 0.1) is 5.82 Å². The van der Waals surface area contributed by atoms with Crippen molar-refractivity contribution < 1.29 is 13.9 Å². The number of rotatable bonds is 6. The minimum absolute atomic E-state index is 0.00292. The summed E-state index contributed by atoms with van der Waals surface area (Å²) in [5.74, 6) is 0.822. The molecule has 0 aliphatic carbocycles. The first kappa shape index (κ1) is 19.4. The molecule has 150 valence electrons. The molecule has 1 fully saturated rings. The molecule has 1 atom stereocenters. The van der Waals surface area contributed by atoms with Crippen LogP contribution in [0.1, 0.15) is 24.4 Å². The van der Waals surface area contributed by atoms with E-state index in [0.29, 0.717) is 11.7 Å². The fourth-order valence-corrected chi connectivity index (χ4v) is 4.36. The van der Waals surface area contributed by atoms with Crippen LogP contribution < -0.4 is 4.74 Å². The first-order chi connectivity index (χ1) is 14.2. The second-order valence-electron chi connectivity index (χ2n) is 6.77. The summed E-state index contributed by atoms with van der Waals surface area (Å²) in [6, 6.07) is 14.0. The molecule has 0 spiro atoms. The van der Waals surface area contributed by atoms with Crippen LogP contribution in [0.25, 0.3) is 5.69 Å². The van der Waals surface area contributed by atoms with Gasteiger partial charge in [-0.2, -0.15) is 0 Å². The van der Waals surface area contributed by atoms with Crippen molar-refractivity contribution in [1.29, 1.82) is 0 Å². The Hall–Kier alpha value is -2.87. The number of ether oxygens (including phenoxy) is 1. The van der Waals surface area contributed by atoms with Crippen molar-refractivity contribution in [2.75, 3.05) is 19.4 Å². The first-order valence-electron chi connectivity index (χ1n) is 9.38. The minimum Gasteiger partial charge on any atom is -0.497 e. The number of hydrogen-bond acceptors (Lipinski definition) is 5. The maximum atomic E-state index is 13.2. The van der Waals surface area contributed by atoms with Crippen molar-refractivity contribution >= 4 is 17.7 Å². The molecule has 1 aromatic heterocycles. The van der Waals surface area contributed by atoms with E-state index in [9.17, 15) is 9.18 Å². The highest BCUT2D eigenvalue weighted by atomic mass is 32.2. The molecule has 1 unspecified atom stereocenters. The number of methoxy groups -OCH3 is 1. The van der Waals surface area contributed by atoms with Gasteiger partial charge in [0.05, 0.1) is 18.9 Å². The third-order valence-electron chi connectivity index (χ3n) is 5.02. The molecule has 0 N–H and O–H groups in total. The Morgan fingerprint density at radius 3 is 2.69 bits per heavy atom. The molecule has 1 aliphatic heterocycles. The number of thioether (sulfide) groups is 1. The standard InChI is InChI=1S/C21H21FN4O2S/c1-28-18-10-8-17(9-11-18)26-14-23-24-21(26)29-13-20(27)25-12-2-3-19(25)15-4-6-16(22)7-5-15/h4-11,14,19H,2-3,12-13H2,1H3. The minimum atomic E-state index is -0.266. The van der Waals surface area contributed by atoms with Crippen LogP contribution in [0.2, 0.25) is 0 Å². The van der Waals surface area contributed by atoms with E-state index in [1.54, 1.807) is 25.6 Å². The monoisotopic (exact) mass is 412 g/mol. The summed E-state index contributed by atoms with van der Waals surface area (Å²) >= 11 is 1.36. The number of carbonyl (C=O) groups excluding carboxylic acids is 1. The molecule has 2 heterocycles. The van der Waals surface area contributed by atoms with E-state index in [0.717, 1.165) is 29.8 Å². The summed E-state index contributed by atoms with van der Waals surface area (Å²) in [4.78, 5) is 14.8. The molecule has 8 heteroatoms. The Bertz CT molecular complexity index is 975. The lowest BCUT2D eigenvalue weighted by Crippen LogP contribution is -2.32. The second-order valence-corrected chi connectivity index (χ2v) is 7.71. The highest BCUT2D eigenvalue weighted by molar-refractivity contribution is 7.99. The van der Waals surface area contributed by atoms with Crippen molar-refractivity contribution in [2.45, 2.75) is 24.0 Å². The number of benzene rings is 2. The second kappa shape index (κ2) is 8.65. The van der Waals surface area contributed by atoms with E-state index < -0.39 is 0 Å². The van der Waals surface area contributed by atoms with Gasteiger partial charge in [-0.25, -0.2) is 4.39 Å². The summed E-state index contributed by atoms with van der Waals surface area (Å²) < 4.78 is 20.3. The number of likely N-dealkylation sites (tertiary alicyclic amines) is 1.